The van der Waals surface area contributed by atoms with Crippen LogP contribution in [0, 0.1) is 5.82 Å². The van der Waals surface area contributed by atoms with Crippen LogP contribution in [0.2, 0.25) is 0 Å². The Kier molecular flexibility index (Phi) is 4.18. The summed E-state index contributed by atoms with van der Waals surface area (Å²) in [6, 6.07) is 5.05. The van der Waals surface area contributed by atoms with Crippen molar-refractivity contribution in [1.29, 1.82) is 0 Å². The molecule has 1 N–H and O–H groups in total. The molecule has 1 aliphatic heterocycles. The highest BCUT2D eigenvalue weighted by Crippen LogP contribution is 2.46. The average Bonchev–Trinajstić information content (AvgIpc) is 3.18. The van der Waals surface area contributed by atoms with Crippen LogP contribution >= 0.6 is 0 Å². The van der Waals surface area contributed by atoms with E-state index in [1.165, 1.54) is 20.0 Å². The van der Waals surface area contributed by atoms with Gasteiger partial charge in [-0.2, -0.15) is 0 Å². The Morgan fingerprint density at radius 1 is 1.19 bits per heavy atom. The van der Waals surface area contributed by atoms with Crippen LogP contribution in [0.4, 0.5) is 4.39 Å². The number of halogens is 1. The van der Waals surface area contributed by atoms with Gasteiger partial charge in [-0.15, -0.1) is 0 Å². The Morgan fingerprint density at radius 2 is 1.86 bits per heavy atom. The molecule has 2 aliphatic rings. The van der Waals surface area contributed by atoms with Crippen LogP contribution in [0.3, 0.4) is 0 Å². The number of hydrogen-bond acceptors (Lipinski definition) is 3. The molecule has 3 rings (SSSR count). The lowest BCUT2D eigenvalue weighted by molar-refractivity contribution is -0.0215. The third-order valence-corrected chi connectivity index (χ3v) is 5.22. The number of ether oxygens (including phenoxy) is 1. The van der Waals surface area contributed by atoms with Crippen molar-refractivity contribution in [2.24, 2.45) is 0 Å². The van der Waals surface area contributed by atoms with Gasteiger partial charge in [0, 0.05) is 5.56 Å². The molecular weight excluding hydrogens is 269 g/mol. The Hall–Kier alpha value is -1.13. The summed E-state index contributed by atoms with van der Waals surface area (Å²) in [5.41, 5.74) is 0.0899. The van der Waals surface area contributed by atoms with Crippen LogP contribution in [0.25, 0.3) is 0 Å². The zero-order valence-corrected chi connectivity index (χ0v) is 12.6. The number of aliphatic hydroxyl groups is 1. The topological polar surface area (TPSA) is 32.7 Å². The molecule has 4 heteroatoms. The monoisotopic (exact) mass is 293 g/mol. The number of aliphatic hydroxyl groups excluding tert-OH is 1. The molecule has 1 unspecified atom stereocenters. The van der Waals surface area contributed by atoms with E-state index in [2.05, 4.69) is 4.90 Å². The predicted molar refractivity (Wildman–Crippen MR) is 79.9 cm³/mol. The van der Waals surface area contributed by atoms with Gasteiger partial charge in [-0.25, -0.2) is 4.39 Å². The van der Waals surface area contributed by atoms with E-state index in [1.54, 1.807) is 18.2 Å². The lowest BCUT2D eigenvalue weighted by atomic mass is 9.84. The van der Waals surface area contributed by atoms with E-state index in [-0.39, 0.29) is 11.3 Å². The van der Waals surface area contributed by atoms with Crippen LogP contribution in [0.1, 0.15) is 50.2 Å². The molecule has 0 amide bonds. The van der Waals surface area contributed by atoms with E-state index in [0.717, 1.165) is 38.8 Å². The third-order valence-electron chi connectivity index (χ3n) is 5.22. The minimum atomic E-state index is -0.784. The van der Waals surface area contributed by atoms with Gasteiger partial charge in [0.05, 0.1) is 12.6 Å². The standard InChI is InChI=1S/C17H24FNO2/c1-21-14-8-6-7-13(15(14)18)16(20)17(9-2-3-10-17)19-11-4-5-12-19/h6-8,16,20H,2-5,9-12H2,1H3. The van der Waals surface area contributed by atoms with E-state index >= 15 is 0 Å². The first-order valence-electron chi connectivity index (χ1n) is 7.94. The van der Waals surface area contributed by atoms with Crippen molar-refractivity contribution < 1.29 is 14.2 Å². The SMILES string of the molecule is COc1cccc(C(O)C2(N3CCCC3)CCCC2)c1F. The van der Waals surface area contributed by atoms with Gasteiger partial charge < -0.3 is 9.84 Å². The summed E-state index contributed by atoms with van der Waals surface area (Å²) in [6.45, 7) is 2.03. The quantitative estimate of drug-likeness (QED) is 0.924. The summed E-state index contributed by atoms with van der Waals surface area (Å²) in [7, 11) is 1.46. The predicted octanol–water partition coefficient (Wildman–Crippen LogP) is 3.28. The summed E-state index contributed by atoms with van der Waals surface area (Å²) < 4.78 is 19.6. The van der Waals surface area contributed by atoms with Crippen molar-refractivity contribution in [3.05, 3.63) is 29.6 Å². The van der Waals surface area contributed by atoms with Crippen molar-refractivity contribution in [3.8, 4) is 5.75 Å². The van der Waals surface area contributed by atoms with Crippen LogP contribution < -0.4 is 4.74 Å². The smallest absolute Gasteiger partial charge is 0.170 e. The maximum Gasteiger partial charge on any atom is 0.170 e. The van der Waals surface area contributed by atoms with Gasteiger partial charge in [-0.05, 0) is 44.8 Å². The second kappa shape index (κ2) is 5.93. The second-order valence-corrected chi connectivity index (χ2v) is 6.27. The fraction of sp³-hybridized carbons (Fsp3) is 0.647. The highest BCUT2D eigenvalue weighted by Gasteiger charge is 2.47. The van der Waals surface area contributed by atoms with Gasteiger partial charge in [0.25, 0.3) is 0 Å². The van der Waals surface area contributed by atoms with E-state index in [0.29, 0.717) is 5.56 Å². The minimum Gasteiger partial charge on any atom is -0.494 e. The zero-order valence-electron chi connectivity index (χ0n) is 12.6. The molecule has 21 heavy (non-hydrogen) atoms. The van der Waals surface area contributed by atoms with Gasteiger partial charge in [0.15, 0.2) is 11.6 Å². The number of methoxy groups -OCH3 is 1. The van der Waals surface area contributed by atoms with E-state index < -0.39 is 11.9 Å². The summed E-state index contributed by atoms with van der Waals surface area (Å²) >= 11 is 0. The van der Waals surface area contributed by atoms with Crippen molar-refractivity contribution in [3.63, 3.8) is 0 Å². The molecule has 1 saturated heterocycles. The normalized spacial score (nSPS) is 23.4. The van der Waals surface area contributed by atoms with Crippen LogP contribution in [0.5, 0.6) is 5.75 Å². The molecule has 1 aliphatic carbocycles. The molecule has 1 saturated carbocycles. The third kappa shape index (κ3) is 2.44. The Balaban J connectivity index is 1.96. The van der Waals surface area contributed by atoms with E-state index in [1.807, 2.05) is 0 Å². The molecule has 1 aromatic rings. The second-order valence-electron chi connectivity index (χ2n) is 6.27. The van der Waals surface area contributed by atoms with E-state index in [9.17, 15) is 9.50 Å². The highest BCUT2D eigenvalue weighted by atomic mass is 19.1. The van der Waals surface area contributed by atoms with Gasteiger partial charge in [0.2, 0.25) is 0 Å². The minimum absolute atomic E-state index is 0.209. The largest absolute Gasteiger partial charge is 0.494 e. The summed E-state index contributed by atoms with van der Waals surface area (Å²) in [5.74, 6) is -0.209. The van der Waals surface area contributed by atoms with Crippen molar-refractivity contribution in [1.82, 2.24) is 4.90 Å². The van der Waals surface area contributed by atoms with Crippen LogP contribution in [-0.2, 0) is 0 Å². The summed E-state index contributed by atoms with van der Waals surface area (Å²) in [5, 5.41) is 11.0. The maximum absolute atomic E-state index is 14.5. The molecule has 0 bridgehead atoms. The molecule has 1 atom stereocenters. The maximum atomic E-state index is 14.5. The first-order chi connectivity index (χ1) is 10.2. The highest BCUT2D eigenvalue weighted by molar-refractivity contribution is 5.34. The van der Waals surface area contributed by atoms with Gasteiger partial charge >= 0.3 is 0 Å². The number of nitrogens with zero attached hydrogens (tertiary/aromatic N) is 1. The molecule has 116 valence electrons. The first-order valence-corrected chi connectivity index (χ1v) is 7.94. The molecule has 3 nitrogen and oxygen atoms in total. The Labute approximate surface area is 125 Å². The van der Waals surface area contributed by atoms with Crippen molar-refractivity contribution in [2.45, 2.75) is 50.2 Å². The Bertz CT molecular complexity index is 494. The molecule has 0 aromatic heterocycles. The lowest BCUT2D eigenvalue weighted by Gasteiger charge is -2.43. The molecule has 0 spiro atoms. The fourth-order valence-corrected chi connectivity index (χ4v) is 4.10. The first kappa shape index (κ1) is 14.8. The number of benzene rings is 1. The molecule has 1 aromatic carbocycles. The zero-order chi connectivity index (χ0) is 14.9. The molecular formula is C17H24FNO2. The number of rotatable bonds is 4. The van der Waals surface area contributed by atoms with E-state index in [4.69, 9.17) is 4.74 Å². The van der Waals surface area contributed by atoms with Crippen molar-refractivity contribution in [2.75, 3.05) is 20.2 Å². The lowest BCUT2D eigenvalue weighted by Crippen LogP contribution is -2.50. The van der Waals surface area contributed by atoms with Gasteiger partial charge in [0.1, 0.15) is 6.10 Å². The van der Waals surface area contributed by atoms with Gasteiger partial charge in [-0.3, -0.25) is 4.90 Å². The van der Waals surface area contributed by atoms with Crippen LogP contribution in [-0.4, -0.2) is 35.7 Å². The summed E-state index contributed by atoms with van der Waals surface area (Å²) in [4.78, 5) is 2.39. The Morgan fingerprint density at radius 3 is 2.48 bits per heavy atom. The number of likely N-dealkylation sites (tertiary alicyclic amines) is 1. The molecule has 2 fully saturated rings. The van der Waals surface area contributed by atoms with Crippen molar-refractivity contribution >= 4 is 0 Å². The molecule has 0 radical (unpaired) electrons. The average molecular weight is 293 g/mol. The van der Waals surface area contributed by atoms with Gasteiger partial charge in [-0.1, -0.05) is 25.0 Å². The fourth-order valence-electron chi connectivity index (χ4n) is 4.10. The summed E-state index contributed by atoms with van der Waals surface area (Å²) in [6.07, 6.45) is 5.69. The van der Waals surface area contributed by atoms with Crippen LogP contribution in [0.15, 0.2) is 18.2 Å². The molecule has 1 heterocycles. The number of hydrogen-bond donors (Lipinski definition) is 1.